The van der Waals surface area contributed by atoms with E-state index in [1.165, 1.54) is 0 Å². The van der Waals surface area contributed by atoms with Gasteiger partial charge in [-0.25, -0.2) is 0 Å². The van der Waals surface area contributed by atoms with Crippen LogP contribution in [0.5, 0.6) is 0 Å². The van der Waals surface area contributed by atoms with Crippen LogP contribution in [-0.4, -0.2) is 10.1 Å². The molecular weight excluding hydrogens is 274 g/mol. The van der Waals surface area contributed by atoms with E-state index in [1.807, 2.05) is 61.5 Å². The summed E-state index contributed by atoms with van der Waals surface area (Å²) in [6, 6.07) is 19.5. The van der Waals surface area contributed by atoms with Crippen molar-refractivity contribution in [1.82, 2.24) is 10.1 Å². The minimum Gasteiger partial charge on any atom is -0.333 e. The molecule has 0 spiro atoms. The predicted octanol–water partition coefficient (Wildman–Crippen LogP) is 4.11. The molecule has 2 aromatic carbocycles. The van der Waals surface area contributed by atoms with E-state index >= 15 is 0 Å². The topological polar surface area (TPSA) is 62.7 Å². The van der Waals surface area contributed by atoms with Crippen molar-refractivity contribution in [2.75, 3.05) is 0 Å². The second-order valence-electron chi connectivity index (χ2n) is 4.82. The third kappa shape index (κ3) is 2.79. The lowest BCUT2D eigenvalue weighted by atomic mass is 10.1. The molecule has 4 heteroatoms. The van der Waals surface area contributed by atoms with Crippen LogP contribution in [0.15, 0.2) is 59.1 Å². The zero-order valence-corrected chi connectivity index (χ0v) is 12.0. The minimum atomic E-state index is 0.226. The minimum absolute atomic E-state index is 0.226. The normalized spacial score (nSPS) is 11.2. The Morgan fingerprint density at radius 2 is 1.82 bits per heavy atom. The summed E-state index contributed by atoms with van der Waals surface area (Å²) < 4.78 is 5.25. The molecule has 22 heavy (non-hydrogen) atoms. The molecule has 0 saturated carbocycles. The van der Waals surface area contributed by atoms with Gasteiger partial charge in [0, 0.05) is 5.56 Å². The molecule has 0 fully saturated rings. The summed E-state index contributed by atoms with van der Waals surface area (Å²) in [5.41, 5.74) is 3.21. The first-order valence-electron chi connectivity index (χ1n) is 6.85. The molecule has 3 rings (SSSR count). The molecule has 106 valence electrons. The van der Waals surface area contributed by atoms with E-state index in [9.17, 15) is 5.26 Å². The smallest absolute Gasteiger partial charge is 0.268 e. The second-order valence-corrected chi connectivity index (χ2v) is 4.82. The van der Waals surface area contributed by atoms with Gasteiger partial charge in [0.2, 0.25) is 5.82 Å². The van der Waals surface area contributed by atoms with Gasteiger partial charge in [-0.05, 0) is 24.1 Å². The highest BCUT2D eigenvalue weighted by Crippen LogP contribution is 2.23. The van der Waals surface area contributed by atoms with Crippen LogP contribution >= 0.6 is 0 Å². The highest BCUT2D eigenvalue weighted by atomic mass is 16.5. The molecule has 0 amide bonds. The maximum Gasteiger partial charge on any atom is 0.268 e. The van der Waals surface area contributed by atoms with Crippen molar-refractivity contribution in [2.24, 2.45) is 0 Å². The average molecular weight is 287 g/mol. The molecule has 0 bridgehead atoms. The van der Waals surface area contributed by atoms with Crippen LogP contribution in [0.4, 0.5) is 0 Å². The molecule has 0 atom stereocenters. The quantitative estimate of drug-likeness (QED) is 0.680. The zero-order valence-electron chi connectivity index (χ0n) is 12.0. The monoisotopic (exact) mass is 287 g/mol. The number of rotatable bonds is 3. The van der Waals surface area contributed by atoms with E-state index in [1.54, 1.807) is 6.08 Å². The van der Waals surface area contributed by atoms with E-state index < -0.39 is 0 Å². The second kappa shape index (κ2) is 6.06. The van der Waals surface area contributed by atoms with E-state index in [4.69, 9.17) is 4.52 Å². The summed E-state index contributed by atoms with van der Waals surface area (Å²) in [5.74, 6) is 0.715. The van der Waals surface area contributed by atoms with E-state index in [-0.39, 0.29) is 5.89 Å². The number of aryl methyl sites for hydroxylation is 1. The summed E-state index contributed by atoms with van der Waals surface area (Å²) >= 11 is 0. The molecule has 0 saturated heterocycles. The highest BCUT2D eigenvalue weighted by molar-refractivity contribution is 5.86. The molecule has 0 aliphatic heterocycles. The Morgan fingerprint density at radius 3 is 2.55 bits per heavy atom. The zero-order chi connectivity index (χ0) is 15.4. The molecule has 1 aromatic heterocycles. The van der Waals surface area contributed by atoms with E-state index in [2.05, 4.69) is 16.2 Å². The van der Waals surface area contributed by atoms with Crippen molar-refractivity contribution in [3.05, 3.63) is 71.6 Å². The van der Waals surface area contributed by atoms with Crippen molar-refractivity contribution in [1.29, 1.82) is 5.26 Å². The number of nitriles is 1. The Labute approximate surface area is 128 Å². The average Bonchev–Trinajstić information content (AvgIpc) is 3.03. The summed E-state index contributed by atoms with van der Waals surface area (Å²) in [6.07, 6.45) is 1.73. The van der Waals surface area contributed by atoms with E-state index in [0.29, 0.717) is 11.4 Å². The molecule has 0 unspecified atom stereocenters. The molecule has 1 heterocycles. The van der Waals surface area contributed by atoms with Gasteiger partial charge >= 0.3 is 0 Å². The molecule has 0 radical (unpaired) electrons. The Hall–Kier alpha value is -3.19. The Balaban J connectivity index is 1.98. The number of allylic oxidation sites excluding steroid dienone is 1. The van der Waals surface area contributed by atoms with Crippen LogP contribution in [0.1, 0.15) is 17.0 Å². The number of aromatic nitrogens is 2. The number of nitrogens with zero attached hydrogens (tertiary/aromatic N) is 3. The van der Waals surface area contributed by atoms with Crippen LogP contribution in [0.25, 0.3) is 23.0 Å². The van der Waals surface area contributed by atoms with Gasteiger partial charge < -0.3 is 4.52 Å². The summed E-state index contributed by atoms with van der Waals surface area (Å²) in [4.78, 5) is 4.34. The van der Waals surface area contributed by atoms with Gasteiger partial charge in [0.1, 0.15) is 11.6 Å². The standard InChI is InChI=1S/C18H13N3O/c1-13-7-5-6-10-16(13)17-20-18(22-21-17)15(12-19)11-14-8-3-2-4-9-14/h2-11H,1H3. The van der Waals surface area contributed by atoms with Gasteiger partial charge in [-0.2, -0.15) is 10.2 Å². The SMILES string of the molecule is Cc1ccccc1-c1noc(C(C#N)=Cc2ccccc2)n1. The van der Waals surface area contributed by atoms with Crippen molar-refractivity contribution in [3.8, 4) is 17.5 Å². The van der Waals surface area contributed by atoms with Crippen LogP contribution in [0.3, 0.4) is 0 Å². The predicted molar refractivity (Wildman–Crippen MR) is 84.4 cm³/mol. The van der Waals surface area contributed by atoms with Gasteiger partial charge in [-0.1, -0.05) is 59.8 Å². The van der Waals surface area contributed by atoms with Gasteiger partial charge in [-0.3, -0.25) is 0 Å². The Kier molecular flexibility index (Phi) is 3.80. The third-order valence-corrected chi connectivity index (χ3v) is 3.27. The van der Waals surface area contributed by atoms with Crippen molar-refractivity contribution < 1.29 is 4.52 Å². The lowest BCUT2D eigenvalue weighted by Gasteiger charge is -1.98. The van der Waals surface area contributed by atoms with Gasteiger partial charge in [-0.15, -0.1) is 0 Å². The third-order valence-electron chi connectivity index (χ3n) is 3.27. The number of benzene rings is 2. The van der Waals surface area contributed by atoms with Gasteiger partial charge in [0.25, 0.3) is 5.89 Å². The maximum absolute atomic E-state index is 9.33. The molecule has 3 aromatic rings. The van der Waals surface area contributed by atoms with Crippen LogP contribution in [-0.2, 0) is 0 Å². The van der Waals surface area contributed by atoms with Gasteiger partial charge in [0.05, 0.1) is 0 Å². The van der Waals surface area contributed by atoms with Gasteiger partial charge in [0.15, 0.2) is 0 Å². The Morgan fingerprint density at radius 1 is 1.09 bits per heavy atom. The molecule has 4 nitrogen and oxygen atoms in total. The molecule has 0 aliphatic rings. The fraction of sp³-hybridized carbons (Fsp3) is 0.0556. The lowest BCUT2D eigenvalue weighted by Crippen LogP contribution is -1.86. The first-order chi connectivity index (χ1) is 10.8. The number of hydrogen-bond acceptors (Lipinski definition) is 4. The van der Waals surface area contributed by atoms with Crippen molar-refractivity contribution >= 4 is 11.6 Å². The molecule has 0 aliphatic carbocycles. The fourth-order valence-electron chi connectivity index (χ4n) is 2.12. The highest BCUT2D eigenvalue weighted by Gasteiger charge is 2.13. The maximum atomic E-state index is 9.33. The van der Waals surface area contributed by atoms with Crippen molar-refractivity contribution in [2.45, 2.75) is 6.92 Å². The first kappa shape index (κ1) is 13.8. The van der Waals surface area contributed by atoms with Crippen LogP contribution < -0.4 is 0 Å². The molecular formula is C18H13N3O. The fourth-order valence-corrected chi connectivity index (χ4v) is 2.12. The van der Waals surface area contributed by atoms with Crippen molar-refractivity contribution in [3.63, 3.8) is 0 Å². The number of hydrogen-bond donors (Lipinski definition) is 0. The molecule has 0 N–H and O–H groups in total. The van der Waals surface area contributed by atoms with E-state index in [0.717, 1.165) is 16.7 Å². The Bertz CT molecular complexity index is 857. The lowest BCUT2D eigenvalue weighted by molar-refractivity contribution is 0.409. The summed E-state index contributed by atoms with van der Waals surface area (Å²) in [7, 11) is 0. The van der Waals surface area contributed by atoms with Crippen LogP contribution in [0.2, 0.25) is 0 Å². The largest absolute Gasteiger partial charge is 0.333 e. The summed E-state index contributed by atoms with van der Waals surface area (Å²) in [5, 5.41) is 13.3. The summed E-state index contributed by atoms with van der Waals surface area (Å²) in [6.45, 7) is 1.98. The van der Waals surface area contributed by atoms with Crippen LogP contribution in [0, 0.1) is 18.3 Å². The first-order valence-corrected chi connectivity index (χ1v) is 6.85.